The first-order chi connectivity index (χ1) is 9.65. The number of hydrogen-bond acceptors (Lipinski definition) is 3. The van der Waals surface area contributed by atoms with E-state index in [9.17, 15) is 9.18 Å². The zero-order chi connectivity index (χ0) is 14.4. The summed E-state index contributed by atoms with van der Waals surface area (Å²) in [7, 11) is 0. The maximum atomic E-state index is 13.4. The molecule has 0 radical (unpaired) electrons. The molecule has 2 aromatic rings. The van der Waals surface area contributed by atoms with Crippen molar-refractivity contribution in [2.75, 3.05) is 6.54 Å². The molecule has 20 heavy (non-hydrogen) atoms. The summed E-state index contributed by atoms with van der Waals surface area (Å²) in [4.78, 5) is 17.0. The number of carbonyl (C=O) groups excluding carboxylic acids is 1. The summed E-state index contributed by atoms with van der Waals surface area (Å²) in [5.41, 5.74) is 0.584. The van der Waals surface area contributed by atoms with Crippen LogP contribution in [0.4, 0.5) is 4.39 Å². The number of nitrogens with one attached hydrogen (secondary N) is 1. The first-order valence-electron chi connectivity index (χ1n) is 6.56. The fourth-order valence-corrected chi connectivity index (χ4v) is 2.68. The van der Waals surface area contributed by atoms with Crippen molar-refractivity contribution in [1.82, 2.24) is 10.3 Å². The summed E-state index contributed by atoms with van der Waals surface area (Å²) in [6.07, 6.45) is 3.36. The Morgan fingerprint density at radius 2 is 2.15 bits per heavy atom. The monoisotopic (exact) mass is 292 g/mol. The third-order valence-electron chi connectivity index (χ3n) is 2.94. The average molecular weight is 292 g/mol. The molecule has 0 saturated carbocycles. The second kappa shape index (κ2) is 7.14. The van der Waals surface area contributed by atoms with Crippen molar-refractivity contribution in [1.29, 1.82) is 0 Å². The molecule has 106 valence electrons. The lowest BCUT2D eigenvalue weighted by Gasteiger charge is -2.05. The van der Waals surface area contributed by atoms with Gasteiger partial charge in [0.2, 0.25) is 5.91 Å². The van der Waals surface area contributed by atoms with Gasteiger partial charge >= 0.3 is 0 Å². The minimum Gasteiger partial charge on any atom is -0.356 e. The smallest absolute Gasteiger partial charge is 0.220 e. The number of nitrogens with zero attached hydrogens (tertiary/aromatic N) is 1. The molecule has 1 heterocycles. The normalized spacial score (nSPS) is 10.5. The van der Waals surface area contributed by atoms with Crippen LogP contribution >= 0.6 is 11.3 Å². The van der Waals surface area contributed by atoms with Gasteiger partial charge in [-0.3, -0.25) is 4.79 Å². The Morgan fingerprint density at radius 1 is 1.35 bits per heavy atom. The molecule has 1 aromatic heterocycles. The highest BCUT2D eigenvalue weighted by molar-refractivity contribution is 7.11. The number of aromatic nitrogens is 1. The Kier molecular flexibility index (Phi) is 5.24. The topological polar surface area (TPSA) is 42.0 Å². The van der Waals surface area contributed by atoms with Crippen LogP contribution in [0.2, 0.25) is 0 Å². The van der Waals surface area contributed by atoms with Crippen LogP contribution in [0.3, 0.4) is 0 Å². The Bertz CT molecular complexity index is 583. The molecule has 0 atom stereocenters. The molecule has 5 heteroatoms. The van der Waals surface area contributed by atoms with Gasteiger partial charge in [0.1, 0.15) is 5.82 Å². The van der Waals surface area contributed by atoms with Crippen LogP contribution in [0.25, 0.3) is 0 Å². The summed E-state index contributed by atoms with van der Waals surface area (Å²) >= 11 is 1.64. The molecule has 0 fully saturated rings. The van der Waals surface area contributed by atoms with E-state index in [4.69, 9.17) is 0 Å². The van der Waals surface area contributed by atoms with E-state index in [1.54, 1.807) is 29.5 Å². The summed E-state index contributed by atoms with van der Waals surface area (Å²) < 4.78 is 13.4. The largest absolute Gasteiger partial charge is 0.356 e. The van der Waals surface area contributed by atoms with Crippen LogP contribution in [-0.4, -0.2) is 17.4 Å². The lowest BCUT2D eigenvalue weighted by Crippen LogP contribution is -2.25. The molecule has 0 spiro atoms. The minimum atomic E-state index is -0.250. The highest BCUT2D eigenvalue weighted by Crippen LogP contribution is 2.11. The van der Waals surface area contributed by atoms with Gasteiger partial charge in [-0.2, -0.15) is 0 Å². The molecule has 1 amide bonds. The molecule has 3 nitrogen and oxygen atoms in total. The van der Waals surface area contributed by atoms with E-state index in [0.29, 0.717) is 24.9 Å². The van der Waals surface area contributed by atoms with Crippen LogP contribution < -0.4 is 5.32 Å². The molecule has 1 aromatic carbocycles. The Hall–Kier alpha value is -1.75. The molecule has 0 saturated heterocycles. The lowest BCUT2D eigenvalue weighted by atomic mass is 10.1. The van der Waals surface area contributed by atoms with Gasteiger partial charge in [-0.15, -0.1) is 11.3 Å². The molecular weight excluding hydrogens is 275 g/mol. The fraction of sp³-hybridized carbons (Fsp3) is 0.333. The van der Waals surface area contributed by atoms with Crippen molar-refractivity contribution in [3.63, 3.8) is 0 Å². The summed E-state index contributed by atoms with van der Waals surface area (Å²) in [6, 6.07) is 6.56. The van der Waals surface area contributed by atoms with E-state index in [1.165, 1.54) is 6.07 Å². The molecule has 0 unspecified atom stereocenters. The van der Waals surface area contributed by atoms with Gasteiger partial charge in [0.25, 0.3) is 0 Å². The van der Waals surface area contributed by atoms with Gasteiger partial charge in [0.05, 0.1) is 5.01 Å². The van der Waals surface area contributed by atoms with Gasteiger partial charge in [-0.1, -0.05) is 18.2 Å². The van der Waals surface area contributed by atoms with Gasteiger partial charge in [-0.25, -0.2) is 9.37 Å². The third kappa shape index (κ3) is 4.42. The van der Waals surface area contributed by atoms with Crippen molar-refractivity contribution in [3.8, 4) is 0 Å². The lowest BCUT2D eigenvalue weighted by molar-refractivity contribution is -0.121. The van der Waals surface area contributed by atoms with Crippen LogP contribution in [-0.2, 0) is 17.6 Å². The standard InChI is InChI=1S/C15H17FN2OS/c1-11-18-10-13(20-11)8-9-17-15(19)7-6-12-4-2-3-5-14(12)16/h2-5,10H,6-9H2,1H3,(H,17,19). The predicted octanol–water partition coefficient (Wildman–Crippen LogP) is 2.88. The second-order valence-electron chi connectivity index (χ2n) is 4.54. The SMILES string of the molecule is Cc1ncc(CCNC(=O)CCc2ccccc2F)s1. The minimum absolute atomic E-state index is 0.0468. The van der Waals surface area contributed by atoms with Crippen molar-refractivity contribution in [2.45, 2.75) is 26.2 Å². The number of thiazole rings is 1. The summed E-state index contributed by atoms with van der Waals surface area (Å²) in [5.74, 6) is -0.296. The Balaban J connectivity index is 1.69. The number of aryl methyl sites for hydroxylation is 2. The van der Waals surface area contributed by atoms with Crippen molar-refractivity contribution in [2.24, 2.45) is 0 Å². The molecule has 0 aliphatic heterocycles. The van der Waals surface area contributed by atoms with E-state index in [1.807, 2.05) is 13.1 Å². The number of hydrogen-bond donors (Lipinski definition) is 1. The van der Waals surface area contributed by atoms with E-state index in [2.05, 4.69) is 10.3 Å². The van der Waals surface area contributed by atoms with Gasteiger partial charge < -0.3 is 5.32 Å². The average Bonchev–Trinajstić information content (AvgIpc) is 2.83. The number of amides is 1. The number of benzene rings is 1. The Labute approximate surface area is 121 Å². The van der Waals surface area contributed by atoms with E-state index >= 15 is 0 Å². The van der Waals surface area contributed by atoms with Gasteiger partial charge in [0.15, 0.2) is 0 Å². The van der Waals surface area contributed by atoms with Crippen molar-refractivity contribution >= 4 is 17.2 Å². The second-order valence-corrected chi connectivity index (χ2v) is 5.86. The van der Waals surface area contributed by atoms with Crippen LogP contribution in [0.15, 0.2) is 30.5 Å². The maximum absolute atomic E-state index is 13.4. The highest BCUT2D eigenvalue weighted by Gasteiger charge is 2.05. The van der Waals surface area contributed by atoms with Crippen LogP contribution in [0, 0.1) is 12.7 Å². The first-order valence-corrected chi connectivity index (χ1v) is 7.38. The molecule has 2 rings (SSSR count). The van der Waals surface area contributed by atoms with E-state index < -0.39 is 0 Å². The summed E-state index contributed by atoms with van der Waals surface area (Å²) in [5, 5.41) is 3.88. The first kappa shape index (κ1) is 14.7. The predicted molar refractivity (Wildman–Crippen MR) is 78.3 cm³/mol. The number of carbonyl (C=O) groups is 1. The fourth-order valence-electron chi connectivity index (χ4n) is 1.88. The molecule has 1 N–H and O–H groups in total. The van der Waals surface area contributed by atoms with E-state index in [-0.39, 0.29) is 11.7 Å². The molecular formula is C15H17FN2OS. The van der Waals surface area contributed by atoms with Gasteiger partial charge in [0, 0.05) is 30.5 Å². The summed E-state index contributed by atoms with van der Waals surface area (Å²) in [6.45, 7) is 2.55. The number of rotatable bonds is 6. The highest BCUT2D eigenvalue weighted by atomic mass is 32.1. The van der Waals surface area contributed by atoms with Crippen LogP contribution in [0.1, 0.15) is 21.9 Å². The molecule has 0 aliphatic rings. The Morgan fingerprint density at radius 3 is 2.85 bits per heavy atom. The number of halogens is 1. The van der Waals surface area contributed by atoms with Gasteiger partial charge in [-0.05, 0) is 25.0 Å². The van der Waals surface area contributed by atoms with E-state index in [0.717, 1.165) is 16.3 Å². The molecule has 0 bridgehead atoms. The zero-order valence-corrected chi connectivity index (χ0v) is 12.2. The quantitative estimate of drug-likeness (QED) is 0.889. The third-order valence-corrected chi connectivity index (χ3v) is 3.91. The van der Waals surface area contributed by atoms with Crippen molar-refractivity contribution < 1.29 is 9.18 Å². The zero-order valence-electron chi connectivity index (χ0n) is 11.4. The van der Waals surface area contributed by atoms with Crippen LogP contribution in [0.5, 0.6) is 0 Å². The maximum Gasteiger partial charge on any atom is 0.220 e. The molecule has 0 aliphatic carbocycles. The van der Waals surface area contributed by atoms with Crippen molar-refractivity contribution in [3.05, 3.63) is 51.7 Å².